The van der Waals surface area contributed by atoms with Crippen LogP contribution >= 0.6 is 11.8 Å². The molecule has 1 aliphatic rings. The molecule has 0 bridgehead atoms. The van der Waals surface area contributed by atoms with Crippen molar-refractivity contribution in [2.45, 2.75) is 37.8 Å². The van der Waals surface area contributed by atoms with Gasteiger partial charge in [0, 0.05) is 6.54 Å². The van der Waals surface area contributed by atoms with Crippen LogP contribution in [0.1, 0.15) is 25.7 Å². The van der Waals surface area contributed by atoms with Crippen LogP contribution in [0.25, 0.3) is 0 Å². The second kappa shape index (κ2) is 7.63. The van der Waals surface area contributed by atoms with Gasteiger partial charge in [0.15, 0.2) is 0 Å². The maximum absolute atomic E-state index is 12.2. The van der Waals surface area contributed by atoms with E-state index in [0.29, 0.717) is 19.4 Å². The number of carbonyl (C=O) groups excluding carboxylic acids is 2. The average Bonchev–Trinajstić information content (AvgIpc) is 2.43. The highest BCUT2D eigenvalue weighted by atomic mass is 32.2. The zero-order valence-electron chi connectivity index (χ0n) is 11.1. The number of amides is 1. The van der Waals surface area contributed by atoms with Crippen LogP contribution in [0.2, 0.25) is 0 Å². The van der Waals surface area contributed by atoms with Crippen LogP contribution in [0.15, 0.2) is 0 Å². The predicted molar refractivity (Wildman–Crippen MR) is 72.3 cm³/mol. The average molecular weight is 274 g/mol. The molecule has 1 fully saturated rings. The van der Waals surface area contributed by atoms with Crippen LogP contribution in [0.5, 0.6) is 0 Å². The van der Waals surface area contributed by atoms with E-state index in [1.807, 2.05) is 6.26 Å². The molecule has 1 saturated heterocycles. The number of rotatable bonds is 5. The summed E-state index contributed by atoms with van der Waals surface area (Å²) in [6.45, 7) is 0.603. The maximum atomic E-state index is 12.2. The van der Waals surface area contributed by atoms with Crippen LogP contribution in [0.3, 0.4) is 0 Å². The van der Waals surface area contributed by atoms with E-state index in [2.05, 4.69) is 0 Å². The summed E-state index contributed by atoms with van der Waals surface area (Å²) in [5, 5.41) is 0. The van der Waals surface area contributed by atoms with Crippen LogP contribution in [0.4, 0.5) is 0 Å². The Bertz CT molecular complexity index is 299. The van der Waals surface area contributed by atoms with E-state index in [9.17, 15) is 9.59 Å². The van der Waals surface area contributed by atoms with Gasteiger partial charge >= 0.3 is 5.97 Å². The third kappa shape index (κ3) is 3.88. The maximum Gasteiger partial charge on any atom is 0.328 e. The van der Waals surface area contributed by atoms with E-state index in [0.717, 1.165) is 18.6 Å². The van der Waals surface area contributed by atoms with Gasteiger partial charge in [0.2, 0.25) is 5.91 Å². The van der Waals surface area contributed by atoms with Crippen molar-refractivity contribution >= 4 is 23.6 Å². The number of esters is 1. The van der Waals surface area contributed by atoms with Gasteiger partial charge in [0.25, 0.3) is 0 Å². The van der Waals surface area contributed by atoms with Crippen molar-refractivity contribution in [1.82, 2.24) is 4.90 Å². The molecule has 0 spiro atoms. The summed E-state index contributed by atoms with van der Waals surface area (Å²) >= 11 is 1.66. The fourth-order valence-electron chi connectivity index (χ4n) is 2.16. The van der Waals surface area contributed by atoms with Gasteiger partial charge in [-0.05, 0) is 37.7 Å². The summed E-state index contributed by atoms with van der Waals surface area (Å²) in [6.07, 6.45) is 5.17. The Morgan fingerprint density at radius 1 is 1.50 bits per heavy atom. The van der Waals surface area contributed by atoms with Crippen molar-refractivity contribution in [2.24, 2.45) is 5.73 Å². The van der Waals surface area contributed by atoms with Crippen molar-refractivity contribution < 1.29 is 14.3 Å². The first-order valence-corrected chi connectivity index (χ1v) is 7.64. The lowest BCUT2D eigenvalue weighted by atomic mass is 10.0. The second-order valence-electron chi connectivity index (χ2n) is 4.45. The highest BCUT2D eigenvalue weighted by Gasteiger charge is 2.34. The standard InChI is InChI=1S/C12H22N2O3S/c1-17-12(16)10-5-3-4-7-14(10)11(15)9(13)6-8-18-2/h9-10H,3-8,13H2,1-2H3/t9-,10?/m1/s1. The van der Waals surface area contributed by atoms with Crippen molar-refractivity contribution in [1.29, 1.82) is 0 Å². The molecule has 0 aromatic carbocycles. The molecular formula is C12H22N2O3S. The number of nitrogens with two attached hydrogens (primary N) is 1. The van der Waals surface area contributed by atoms with Crippen LogP contribution in [-0.2, 0) is 14.3 Å². The van der Waals surface area contributed by atoms with Gasteiger partial charge in [-0.3, -0.25) is 4.79 Å². The molecule has 1 amide bonds. The summed E-state index contributed by atoms with van der Waals surface area (Å²) in [5.41, 5.74) is 5.88. The number of likely N-dealkylation sites (tertiary alicyclic amines) is 1. The lowest BCUT2D eigenvalue weighted by Crippen LogP contribution is -2.53. The Morgan fingerprint density at radius 3 is 2.83 bits per heavy atom. The number of hydrogen-bond acceptors (Lipinski definition) is 5. The molecule has 1 rings (SSSR count). The monoisotopic (exact) mass is 274 g/mol. The molecule has 0 aromatic heterocycles. The fourth-order valence-corrected chi connectivity index (χ4v) is 2.65. The Morgan fingerprint density at radius 2 is 2.22 bits per heavy atom. The summed E-state index contributed by atoms with van der Waals surface area (Å²) < 4.78 is 4.75. The van der Waals surface area contributed by atoms with E-state index >= 15 is 0 Å². The minimum absolute atomic E-state index is 0.126. The minimum Gasteiger partial charge on any atom is -0.467 e. The van der Waals surface area contributed by atoms with E-state index < -0.39 is 12.1 Å². The number of hydrogen-bond donors (Lipinski definition) is 1. The van der Waals surface area contributed by atoms with Crippen molar-refractivity contribution in [3.05, 3.63) is 0 Å². The lowest BCUT2D eigenvalue weighted by Gasteiger charge is -2.35. The highest BCUT2D eigenvalue weighted by molar-refractivity contribution is 7.98. The summed E-state index contributed by atoms with van der Waals surface area (Å²) in [5.74, 6) is 0.392. The highest BCUT2D eigenvalue weighted by Crippen LogP contribution is 2.19. The van der Waals surface area contributed by atoms with Gasteiger partial charge in [-0.25, -0.2) is 4.79 Å². The minimum atomic E-state index is -0.511. The van der Waals surface area contributed by atoms with E-state index in [4.69, 9.17) is 10.5 Å². The number of carbonyl (C=O) groups is 2. The Kier molecular flexibility index (Phi) is 6.49. The third-order valence-corrected chi connectivity index (χ3v) is 3.85. The van der Waals surface area contributed by atoms with Gasteiger partial charge in [-0.15, -0.1) is 0 Å². The zero-order valence-corrected chi connectivity index (χ0v) is 11.9. The molecule has 5 nitrogen and oxygen atoms in total. The quantitative estimate of drug-likeness (QED) is 0.744. The van der Waals surface area contributed by atoms with Gasteiger partial charge in [-0.1, -0.05) is 0 Å². The Balaban J connectivity index is 2.64. The van der Waals surface area contributed by atoms with Crippen LogP contribution in [-0.4, -0.2) is 54.5 Å². The third-order valence-electron chi connectivity index (χ3n) is 3.21. The van der Waals surface area contributed by atoms with E-state index in [1.165, 1.54) is 7.11 Å². The van der Waals surface area contributed by atoms with Gasteiger partial charge < -0.3 is 15.4 Å². The summed E-state index contributed by atoms with van der Waals surface area (Å²) in [6, 6.07) is -0.959. The first-order chi connectivity index (χ1) is 8.61. The molecule has 0 aliphatic carbocycles. The van der Waals surface area contributed by atoms with Crippen LogP contribution in [0, 0.1) is 0 Å². The number of nitrogens with zero attached hydrogens (tertiary/aromatic N) is 1. The molecule has 1 unspecified atom stereocenters. The number of ether oxygens (including phenoxy) is 1. The van der Waals surface area contributed by atoms with Crippen LogP contribution < -0.4 is 5.73 Å². The molecule has 0 saturated carbocycles. The Hall–Kier alpha value is -0.750. The molecule has 0 aromatic rings. The molecule has 2 atom stereocenters. The number of piperidine rings is 1. The molecule has 2 N–H and O–H groups in total. The van der Waals surface area contributed by atoms with Gasteiger partial charge in [-0.2, -0.15) is 11.8 Å². The van der Waals surface area contributed by atoms with E-state index in [1.54, 1.807) is 16.7 Å². The van der Waals surface area contributed by atoms with Crippen molar-refractivity contribution in [2.75, 3.05) is 25.7 Å². The smallest absolute Gasteiger partial charge is 0.328 e. The summed E-state index contributed by atoms with van der Waals surface area (Å²) in [4.78, 5) is 25.5. The molecule has 18 heavy (non-hydrogen) atoms. The lowest BCUT2D eigenvalue weighted by molar-refractivity contribution is -0.155. The van der Waals surface area contributed by atoms with Gasteiger partial charge in [0.1, 0.15) is 6.04 Å². The first kappa shape index (κ1) is 15.3. The Labute approximate surface area is 112 Å². The zero-order chi connectivity index (χ0) is 13.5. The molecule has 104 valence electrons. The summed E-state index contributed by atoms with van der Waals surface area (Å²) in [7, 11) is 1.35. The van der Waals surface area contributed by atoms with E-state index in [-0.39, 0.29) is 11.9 Å². The van der Waals surface area contributed by atoms with Gasteiger partial charge in [0.05, 0.1) is 13.2 Å². The number of methoxy groups -OCH3 is 1. The topological polar surface area (TPSA) is 72.6 Å². The molecule has 0 radical (unpaired) electrons. The molecular weight excluding hydrogens is 252 g/mol. The molecule has 6 heteroatoms. The second-order valence-corrected chi connectivity index (χ2v) is 5.44. The molecule has 1 heterocycles. The number of thioether (sulfide) groups is 1. The SMILES string of the molecule is COC(=O)C1CCCCN1C(=O)[C@H](N)CCSC. The normalized spacial score (nSPS) is 21.5. The first-order valence-electron chi connectivity index (χ1n) is 6.24. The fraction of sp³-hybridized carbons (Fsp3) is 0.833. The van der Waals surface area contributed by atoms with Crippen molar-refractivity contribution in [3.63, 3.8) is 0 Å². The predicted octanol–water partition coefficient (Wildman–Crippen LogP) is 0.621. The molecule has 1 aliphatic heterocycles. The van der Waals surface area contributed by atoms with Crippen molar-refractivity contribution in [3.8, 4) is 0 Å². The largest absolute Gasteiger partial charge is 0.467 e.